The summed E-state index contributed by atoms with van der Waals surface area (Å²) in [6, 6.07) is 23.8. The lowest BCUT2D eigenvalue weighted by Gasteiger charge is -2.34. The first kappa shape index (κ1) is 20.3. The molecule has 4 aromatic rings. The van der Waals surface area contributed by atoms with E-state index in [2.05, 4.69) is 5.32 Å². The Balaban J connectivity index is 1.57. The standard InChI is InChI=1S/C28H22N2O4/c31-23-17-19(24-12-6-14-33-24)16-21-26(23)27(18-8-2-1-3-9-18)30(28(32)25-13-7-15-34-25)22-11-5-4-10-20(22)29-21/h1-15,19,27,29H,16-17H2/t19-,27-/m1/s1. The van der Waals surface area contributed by atoms with E-state index in [1.165, 1.54) is 6.26 Å². The van der Waals surface area contributed by atoms with Crippen LogP contribution in [-0.4, -0.2) is 11.7 Å². The maximum absolute atomic E-state index is 13.8. The number of benzene rings is 2. The molecule has 6 heteroatoms. The molecule has 1 aliphatic carbocycles. The van der Waals surface area contributed by atoms with Crippen molar-refractivity contribution < 1.29 is 18.4 Å². The van der Waals surface area contributed by atoms with Gasteiger partial charge in [-0.2, -0.15) is 0 Å². The summed E-state index contributed by atoms with van der Waals surface area (Å²) in [6.45, 7) is 0. The first-order valence-electron chi connectivity index (χ1n) is 11.3. The average Bonchev–Trinajstić information content (AvgIpc) is 3.57. The van der Waals surface area contributed by atoms with Crippen molar-refractivity contribution in [2.45, 2.75) is 24.8 Å². The molecule has 0 bridgehead atoms. The number of para-hydroxylation sites is 2. The summed E-state index contributed by atoms with van der Waals surface area (Å²) in [5, 5.41) is 3.51. The number of hydrogen-bond donors (Lipinski definition) is 1. The maximum Gasteiger partial charge on any atom is 0.294 e. The van der Waals surface area contributed by atoms with Crippen molar-refractivity contribution in [1.82, 2.24) is 0 Å². The lowest BCUT2D eigenvalue weighted by Crippen LogP contribution is -2.38. The Hall–Kier alpha value is -4.32. The van der Waals surface area contributed by atoms with E-state index in [1.54, 1.807) is 23.3 Å². The Bertz CT molecular complexity index is 1370. The number of anilines is 2. The van der Waals surface area contributed by atoms with Crippen LogP contribution >= 0.6 is 0 Å². The molecule has 3 heterocycles. The lowest BCUT2D eigenvalue weighted by molar-refractivity contribution is -0.116. The molecule has 0 saturated heterocycles. The topological polar surface area (TPSA) is 75.7 Å². The molecule has 2 aromatic heterocycles. The fourth-order valence-corrected chi connectivity index (χ4v) is 5.01. The Kier molecular flexibility index (Phi) is 4.91. The zero-order valence-electron chi connectivity index (χ0n) is 18.3. The summed E-state index contributed by atoms with van der Waals surface area (Å²) >= 11 is 0. The van der Waals surface area contributed by atoms with Crippen LogP contribution in [0.5, 0.6) is 0 Å². The minimum absolute atomic E-state index is 0.00551. The van der Waals surface area contributed by atoms with E-state index in [0.29, 0.717) is 24.1 Å². The zero-order chi connectivity index (χ0) is 23.1. The fourth-order valence-electron chi connectivity index (χ4n) is 5.01. The molecular formula is C28H22N2O4. The Morgan fingerprint density at radius 2 is 1.62 bits per heavy atom. The second-order valence-corrected chi connectivity index (χ2v) is 8.54. The van der Waals surface area contributed by atoms with Crippen molar-refractivity contribution in [2.24, 2.45) is 0 Å². The molecule has 6 nitrogen and oxygen atoms in total. The van der Waals surface area contributed by atoms with Gasteiger partial charge in [0.15, 0.2) is 11.5 Å². The number of nitrogens with zero attached hydrogens (tertiary/aromatic N) is 1. The number of rotatable bonds is 3. The molecule has 0 saturated carbocycles. The van der Waals surface area contributed by atoms with Gasteiger partial charge in [0.1, 0.15) is 5.76 Å². The van der Waals surface area contributed by atoms with Gasteiger partial charge in [-0.3, -0.25) is 14.5 Å². The van der Waals surface area contributed by atoms with Gasteiger partial charge in [-0.1, -0.05) is 42.5 Å². The van der Waals surface area contributed by atoms with Gasteiger partial charge >= 0.3 is 0 Å². The third-order valence-electron chi connectivity index (χ3n) is 6.50. The smallest absolute Gasteiger partial charge is 0.294 e. The highest BCUT2D eigenvalue weighted by atomic mass is 16.3. The van der Waals surface area contributed by atoms with Crippen LogP contribution in [-0.2, 0) is 4.79 Å². The molecule has 1 amide bonds. The highest BCUT2D eigenvalue weighted by molar-refractivity contribution is 6.10. The third-order valence-corrected chi connectivity index (χ3v) is 6.50. The molecule has 2 aromatic carbocycles. The number of ketones is 1. The molecule has 1 aliphatic heterocycles. The summed E-state index contributed by atoms with van der Waals surface area (Å²) in [7, 11) is 0. The number of carbonyl (C=O) groups excluding carboxylic acids is 2. The SMILES string of the molecule is O=C1C[C@H](c2ccco2)CC2=C1[C@@H](c1ccccc1)N(C(=O)c1ccco1)c1ccccc1N2. The quantitative estimate of drug-likeness (QED) is 0.409. The van der Waals surface area contributed by atoms with Gasteiger partial charge in [0.25, 0.3) is 5.91 Å². The summed E-state index contributed by atoms with van der Waals surface area (Å²) in [6.07, 6.45) is 4.04. The van der Waals surface area contributed by atoms with Crippen LogP contribution in [0.25, 0.3) is 0 Å². The number of carbonyl (C=O) groups is 2. The van der Waals surface area contributed by atoms with Crippen molar-refractivity contribution in [1.29, 1.82) is 0 Å². The minimum atomic E-state index is -0.602. The second kappa shape index (κ2) is 8.23. The van der Waals surface area contributed by atoms with Crippen LogP contribution in [0.1, 0.15) is 46.7 Å². The molecule has 0 spiro atoms. The maximum atomic E-state index is 13.8. The molecule has 0 unspecified atom stereocenters. The zero-order valence-corrected chi connectivity index (χ0v) is 18.3. The van der Waals surface area contributed by atoms with E-state index in [0.717, 1.165) is 22.7 Å². The van der Waals surface area contributed by atoms with Crippen LogP contribution in [0.15, 0.2) is 111 Å². The number of amides is 1. The second-order valence-electron chi connectivity index (χ2n) is 8.54. The minimum Gasteiger partial charge on any atom is -0.469 e. The van der Waals surface area contributed by atoms with Gasteiger partial charge in [0.05, 0.1) is 29.9 Å². The molecule has 2 atom stereocenters. The number of nitrogens with one attached hydrogen (secondary N) is 1. The fraction of sp³-hybridized carbons (Fsp3) is 0.143. The van der Waals surface area contributed by atoms with Crippen molar-refractivity contribution in [3.63, 3.8) is 0 Å². The van der Waals surface area contributed by atoms with E-state index in [1.807, 2.05) is 66.7 Å². The molecule has 0 radical (unpaired) electrons. The molecular weight excluding hydrogens is 428 g/mol. The monoisotopic (exact) mass is 450 g/mol. The first-order chi connectivity index (χ1) is 16.7. The number of furan rings is 2. The van der Waals surface area contributed by atoms with Crippen molar-refractivity contribution in [2.75, 3.05) is 10.2 Å². The summed E-state index contributed by atoms with van der Waals surface area (Å²) in [5.74, 6) is 0.636. The Morgan fingerprint density at radius 3 is 2.38 bits per heavy atom. The van der Waals surface area contributed by atoms with Gasteiger partial charge in [0.2, 0.25) is 0 Å². The first-order valence-corrected chi connectivity index (χ1v) is 11.3. The van der Waals surface area contributed by atoms with Crippen LogP contribution in [0, 0.1) is 0 Å². The average molecular weight is 450 g/mol. The highest BCUT2D eigenvalue weighted by Gasteiger charge is 2.42. The van der Waals surface area contributed by atoms with Gasteiger partial charge in [-0.25, -0.2) is 0 Å². The summed E-state index contributed by atoms with van der Waals surface area (Å²) in [5.41, 5.74) is 3.73. The Labute approximate surface area is 196 Å². The van der Waals surface area contributed by atoms with Crippen LogP contribution in [0.4, 0.5) is 11.4 Å². The normalized spacial score (nSPS) is 19.8. The number of Topliss-reactive ketones (excluding diaryl/α,β-unsaturated/α-hetero) is 1. The predicted molar refractivity (Wildman–Crippen MR) is 127 cm³/mol. The predicted octanol–water partition coefficient (Wildman–Crippen LogP) is 6.09. The van der Waals surface area contributed by atoms with E-state index in [9.17, 15) is 9.59 Å². The highest BCUT2D eigenvalue weighted by Crippen LogP contribution is 2.47. The summed E-state index contributed by atoms with van der Waals surface area (Å²) in [4.78, 5) is 29.3. The Morgan fingerprint density at radius 1 is 0.853 bits per heavy atom. The molecule has 34 heavy (non-hydrogen) atoms. The van der Waals surface area contributed by atoms with E-state index in [4.69, 9.17) is 8.83 Å². The number of allylic oxidation sites excluding steroid dienone is 1. The molecule has 168 valence electrons. The van der Waals surface area contributed by atoms with Crippen LogP contribution < -0.4 is 10.2 Å². The molecule has 2 aliphatic rings. The number of hydrogen-bond acceptors (Lipinski definition) is 5. The molecule has 6 rings (SSSR count). The van der Waals surface area contributed by atoms with Crippen molar-refractivity contribution >= 4 is 23.1 Å². The third kappa shape index (κ3) is 3.35. The van der Waals surface area contributed by atoms with Crippen molar-refractivity contribution in [3.8, 4) is 0 Å². The van der Waals surface area contributed by atoms with Gasteiger partial charge in [-0.15, -0.1) is 0 Å². The van der Waals surface area contributed by atoms with Gasteiger partial charge < -0.3 is 14.2 Å². The van der Waals surface area contributed by atoms with Gasteiger partial charge in [-0.05, 0) is 48.4 Å². The van der Waals surface area contributed by atoms with E-state index >= 15 is 0 Å². The largest absolute Gasteiger partial charge is 0.469 e. The van der Waals surface area contributed by atoms with Crippen LogP contribution in [0.3, 0.4) is 0 Å². The molecule has 0 fully saturated rings. The molecule has 1 N–H and O–H groups in total. The van der Waals surface area contributed by atoms with E-state index in [-0.39, 0.29) is 23.4 Å². The van der Waals surface area contributed by atoms with E-state index < -0.39 is 6.04 Å². The number of fused-ring (bicyclic) bond motifs is 1. The van der Waals surface area contributed by atoms with Crippen LogP contribution in [0.2, 0.25) is 0 Å². The van der Waals surface area contributed by atoms with Gasteiger partial charge in [0, 0.05) is 23.6 Å². The summed E-state index contributed by atoms with van der Waals surface area (Å²) < 4.78 is 11.1. The lowest BCUT2D eigenvalue weighted by atomic mass is 9.80. The van der Waals surface area contributed by atoms with Crippen molar-refractivity contribution in [3.05, 3.63) is 120 Å².